The van der Waals surface area contributed by atoms with Crippen molar-refractivity contribution in [2.24, 2.45) is 5.92 Å². The van der Waals surface area contributed by atoms with Crippen molar-refractivity contribution in [2.75, 3.05) is 16.0 Å². The Kier molecular flexibility index (Phi) is 3.88. The number of aryl methyl sites for hydroxylation is 1. The molecule has 0 fully saturated rings. The summed E-state index contributed by atoms with van der Waals surface area (Å²) in [6.45, 7) is 6.03. The number of aromatic nitrogens is 4. The molecule has 2 aromatic rings. The summed E-state index contributed by atoms with van der Waals surface area (Å²) in [5.74, 6) is 1.45. The first kappa shape index (κ1) is 14.6. The molecule has 1 unspecified atom stereocenters. The van der Waals surface area contributed by atoms with E-state index < -0.39 is 0 Å². The first-order valence-electron chi connectivity index (χ1n) is 7.02. The van der Waals surface area contributed by atoms with E-state index in [0.29, 0.717) is 28.4 Å². The molecular formula is C13H17N7OS. The third-order valence-corrected chi connectivity index (χ3v) is 3.94. The van der Waals surface area contributed by atoms with E-state index in [1.54, 1.807) is 0 Å². The summed E-state index contributed by atoms with van der Waals surface area (Å²) >= 11 is 1.42. The van der Waals surface area contributed by atoms with Crippen molar-refractivity contribution in [3.05, 3.63) is 11.3 Å². The zero-order valence-corrected chi connectivity index (χ0v) is 13.4. The maximum absolute atomic E-state index is 12.2. The van der Waals surface area contributed by atoms with Crippen LogP contribution in [0.5, 0.6) is 0 Å². The average molecular weight is 319 g/mol. The van der Waals surface area contributed by atoms with E-state index in [0.717, 1.165) is 11.4 Å². The van der Waals surface area contributed by atoms with Crippen LogP contribution in [-0.2, 0) is 4.79 Å². The zero-order chi connectivity index (χ0) is 15.7. The van der Waals surface area contributed by atoms with Crippen molar-refractivity contribution < 1.29 is 4.79 Å². The van der Waals surface area contributed by atoms with E-state index in [9.17, 15) is 4.79 Å². The Morgan fingerprint density at radius 1 is 1.36 bits per heavy atom. The van der Waals surface area contributed by atoms with Crippen molar-refractivity contribution in [3.63, 3.8) is 0 Å². The Labute approximate surface area is 131 Å². The molecule has 0 aliphatic carbocycles. The molecule has 2 aromatic heterocycles. The molecule has 8 nitrogen and oxygen atoms in total. The third-order valence-electron chi connectivity index (χ3n) is 3.18. The fourth-order valence-electron chi connectivity index (χ4n) is 2.23. The Morgan fingerprint density at radius 3 is 2.86 bits per heavy atom. The van der Waals surface area contributed by atoms with E-state index in [1.165, 1.54) is 17.7 Å². The number of nitrogens with one attached hydrogen (secondary N) is 3. The van der Waals surface area contributed by atoms with Gasteiger partial charge in [0, 0.05) is 0 Å². The highest BCUT2D eigenvalue weighted by Crippen LogP contribution is 2.33. The lowest BCUT2D eigenvalue weighted by Gasteiger charge is -2.27. The molecule has 3 heterocycles. The zero-order valence-electron chi connectivity index (χ0n) is 12.5. The first-order valence-corrected chi connectivity index (χ1v) is 7.84. The largest absolute Gasteiger partial charge is 0.356 e. The van der Waals surface area contributed by atoms with E-state index in [2.05, 4.69) is 50.0 Å². The molecule has 1 amide bonds. The molecular weight excluding hydrogens is 302 g/mol. The maximum Gasteiger partial charge on any atom is 0.247 e. The van der Waals surface area contributed by atoms with Crippen LogP contribution in [0.2, 0.25) is 0 Å². The van der Waals surface area contributed by atoms with Crippen molar-refractivity contribution in [3.8, 4) is 0 Å². The highest BCUT2D eigenvalue weighted by molar-refractivity contribution is 7.15. The molecule has 0 radical (unpaired) electrons. The van der Waals surface area contributed by atoms with Gasteiger partial charge >= 0.3 is 0 Å². The molecule has 1 aliphatic heterocycles. The minimum Gasteiger partial charge on any atom is -0.356 e. The van der Waals surface area contributed by atoms with Gasteiger partial charge < -0.3 is 16.0 Å². The summed E-state index contributed by atoms with van der Waals surface area (Å²) in [6.07, 6.45) is 2.19. The molecule has 1 atom stereocenters. The fraction of sp³-hybridized carbons (Fsp3) is 0.462. The number of hydrogen-bond donors (Lipinski definition) is 3. The minimum atomic E-state index is -0.279. The van der Waals surface area contributed by atoms with Gasteiger partial charge in [0.2, 0.25) is 11.0 Å². The number of amides is 1. The van der Waals surface area contributed by atoms with Crippen LogP contribution >= 0.6 is 11.3 Å². The normalized spacial score (nSPS) is 16.9. The highest BCUT2D eigenvalue weighted by Gasteiger charge is 2.29. The summed E-state index contributed by atoms with van der Waals surface area (Å²) in [7, 11) is 0. The number of hydrogen-bond acceptors (Lipinski definition) is 8. The van der Waals surface area contributed by atoms with E-state index in [4.69, 9.17) is 0 Å². The highest BCUT2D eigenvalue weighted by atomic mass is 32.1. The Morgan fingerprint density at radius 2 is 2.18 bits per heavy atom. The topological polar surface area (TPSA) is 105 Å². The quantitative estimate of drug-likeness (QED) is 0.793. The van der Waals surface area contributed by atoms with E-state index >= 15 is 0 Å². The molecule has 116 valence electrons. The average Bonchev–Trinajstić information content (AvgIpc) is 2.85. The van der Waals surface area contributed by atoms with Crippen LogP contribution in [0.3, 0.4) is 0 Å². The lowest BCUT2D eigenvalue weighted by molar-refractivity contribution is -0.117. The minimum absolute atomic E-state index is 0.0764. The molecule has 22 heavy (non-hydrogen) atoms. The molecule has 9 heteroatoms. The summed E-state index contributed by atoms with van der Waals surface area (Å²) in [5, 5.41) is 18.5. The monoisotopic (exact) mass is 319 g/mol. The molecule has 0 saturated heterocycles. The van der Waals surface area contributed by atoms with Crippen LogP contribution in [0.25, 0.3) is 0 Å². The Balaban J connectivity index is 1.86. The van der Waals surface area contributed by atoms with Crippen molar-refractivity contribution in [1.82, 2.24) is 20.2 Å². The molecule has 0 bridgehead atoms. The predicted octanol–water partition coefficient (Wildman–Crippen LogP) is 2.16. The Bertz CT molecular complexity index is 699. The number of anilines is 4. The third kappa shape index (κ3) is 2.98. The van der Waals surface area contributed by atoms with Gasteiger partial charge in [-0.2, -0.15) is 0 Å². The summed E-state index contributed by atoms with van der Waals surface area (Å²) in [6, 6.07) is -0.279. The molecule has 3 N–H and O–H groups in total. The van der Waals surface area contributed by atoms with E-state index in [1.807, 2.05) is 6.92 Å². The number of nitrogens with zero attached hydrogens (tertiary/aromatic N) is 4. The van der Waals surface area contributed by atoms with Crippen LogP contribution in [0.1, 0.15) is 25.3 Å². The number of fused-ring (bicyclic) bond motifs is 1. The van der Waals surface area contributed by atoms with Gasteiger partial charge in [0.15, 0.2) is 11.6 Å². The van der Waals surface area contributed by atoms with Crippen molar-refractivity contribution >= 4 is 39.7 Å². The van der Waals surface area contributed by atoms with Gasteiger partial charge in [-0.3, -0.25) is 4.79 Å². The summed E-state index contributed by atoms with van der Waals surface area (Å²) in [5.41, 5.74) is 0.542. The van der Waals surface area contributed by atoms with Gasteiger partial charge in [0.05, 0.1) is 0 Å². The number of carbonyl (C=O) groups excluding carboxylic acids is 1. The second kappa shape index (κ2) is 5.84. The molecule has 1 aliphatic rings. The SMILES string of the molecule is Cc1nnc(Nc2ncnc3c2NC(=O)C(CC(C)C)N3)s1. The molecule has 0 aromatic carbocycles. The molecule has 0 spiro atoms. The summed E-state index contributed by atoms with van der Waals surface area (Å²) < 4.78 is 0. The van der Waals surface area contributed by atoms with Gasteiger partial charge in [-0.25, -0.2) is 9.97 Å². The van der Waals surface area contributed by atoms with Gasteiger partial charge in [0.25, 0.3) is 0 Å². The van der Waals surface area contributed by atoms with Crippen LogP contribution in [0.15, 0.2) is 6.33 Å². The lowest BCUT2D eigenvalue weighted by Crippen LogP contribution is -2.40. The predicted molar refractivity (Wildman–Crippen MR) is 85.5 cm³/mol. The van der Waals surface area contributed by atoms with Crippen LogP contribution in [0, 0.1) is 12.8 Å². The second-order valence-corrected chi connectivity index (χ2v) is 6.69. The van der Waals surface area contributed by atoms with Gasteiger partial charge in [0.1, 0.15) is 23.1 Å². The van der Waals surface area contributed by atoms with Crippen molar-refractivity contribution in [2.45, 2.75) is 33.2 Å². The van der Waals surface area contributed by atoms with Crippen LogP contribution in [0.4, 0.5) is 22.5 Å². The van der Waals surface area contributed by atoms with Crippen molar-refractivity contribution in [1.29, 1.82) is 0 Å². The summed E-state index contributed by atoms with van der Waals surface area (Å²) in [4.78, 5) is 20.6. The second-order valence-electron chi connectivity index (χ2n) is 5.51. The number of carbonyl (C=O) groups is 1. The maximum atomic E-state index is 12.2. The van der Waals surface area contributed by atoms with E-state index in [-0.39, 0.29) is 11.9 Å². The van der Waals surface area contributed by atoms with Gasteiger partial charge in [-0.15, -0.1) is 10.2 Å². The lowest BCUT2D eigenvalue weighted by atomic mass is 10.0. The number of rotatable bonds is 4. The Hall–Kier alpha value is -2.29. The standard InChI is InChI=1S/C13H17N7OS/c1-6(2)4-8-12(21)17-9-10(16-8)14-5-15-11(9)18-13-20-19-7(3)22-13/h5-6,8H,4H2,1-3H3,(H,17,21)(H2,14,15,16,18,20). The van der Waals surface area contributed by atoms with Crippen LogP contribution in [-0.4, -0.2) is 32.1 Å². The molecule has 0 saturated carbocycles. The van der Waals surface area contributed by atoms with Gasteiger partial charge in [-0.05, 0) is 19.3 Å². The van der Waals surface area contributed by atoms with Gasteiger partial charge in [-0.1, -0.05) is 25.2 Å². The first-order chi connectivity index (χ1) is 10.5. The van der Waals surface area contributed by atoms with Crippen LogP contribution < -0.4 is 16.0 Å². The fourth-order valence-corrected chi connectivity index (χ4v) is 2.83. The smallest absolute Gasteiger partial charge is 0.247 e. The molecule has 3 rings (SSSR count).